The van der Waals surface area contributed by atoms with Crippen molar-refractivity contribution in [1.29, 1.82) is 0 Å². The van der Waals surface area contributed by atoms with Crippen LogP contribution >= 0.6 is 0 Å². The molecule has 0 unspecified atom stereocenters. The summed E-state index contributed by atoms with van der Waals surface area (Å²) < 4.78 is 37.6. The molecule has 1 N–H and O–H groups in total. The Morgan fingerprint density at radius 3 is 2.59 bits per heavy atom. The zero-order chi connectivity index (χ0) is 12.9. The Morgan fingerprint density at radius 2 is 2.00 bits per heavy atom. The van der Waals surface area contributed by atoms with Crippen LogP contribution in [0, 0.1) is 0 Å². The van der Waals surface area contributed by atoms with Crippen molar-refractivity contribution >= 4 is 5.97 Å². The lowest BCUT2D eigenvalue weighted by Crippen LogP contribution is -2.16. The van der Waals surface area contributed by atoms with E-state index >= 15 is 0 Å². The number of aryl methyl sites for hydroxylation is 1. The van der Waals surface area contributed by atoms with Gasteiger partial charge in [0.2, 0.25) is 0 Å². The number of rotatable bonds is 6. The summed E-state index contributed by atoms with van der Waals surface area (Å²) in [5, 5.41) is 17.5. The average Bonchev–Trinajstić information content (AvgIpc) is 2.64. The number of halogens is 3. The number of aromatic nitrogens is 4. The first-order chi connectivity index (χ1) is 7.91. The van der Waals surface area contributed by atoms with E-state index in [1.807, 2.05) is 0 Å². The fraction of sp³-hybridized carbons (Fsp3) is 0.750. The molecule has 6 nitrogen and oxygen atoms in total. The number of aliphatic carboxylic acids is 1. The summed E-state index contributed by atoms with van der Waals surface area (Å²) in [5.41, 5.74) is 0. The van der Waals surface area contributed by atoms with E-state index in [2.05, 4.69) is 15.5 Å². The van der Waals surface area contributed by atoms with Crippen LogP contribution < -0.4 is 0 Å². The van der Waals surface area contributed by atoms with Gasteiger partial charge in [-0.05, 0) is 23.3 Å². The number of hydrogen-bond acceptors (Lipinski definition) is 4. The number of hydrogen-bond donors (Lipinski definition) is 1. The third kappa shape index (κ3) is 4.37. The molecule has 1 aromatic heterocycles. The molecule has 9 heteroatoms. The van der Waals surface area contributed by atoms with Crippen LogP contribution in [0.25, 0.3) is 0 Å². The van der Waals surface area contributed by atoms with Gasteiger partial charge in [0.15, 0.2) is 0 Å². The molecule has 17 heavy (non-hydrogen) atoms. The first-order valence-corrected chi connectivity index (χ1v) is 4.96. The van der Waals surface area contributed by atoms with Crippen LogP contribution in [0.15, 0.2) is 0 Å². The standard InChI is InChI=1S/C8H11F3N4O2/c9-8(10,11)7-12-13-14-15(7)5-3-1-2-4-6(16)17/h1-5H2,(H,16,17). The second-order valence-corrected chi connectivity index (χ2v) is 3.43. The number of alkyl halides is 3. The van der Waals surface area contributed by atoms with E-state index in [4.69, 9.17) is 5.11 Å². The molecule has 0 atom stereocenters. The van der Waals surface area contributed by atoms with Crippen molar-refractivity contribution in [1.82, 2.24) is 20.2 Å². The van der Waals surface area contributed by atoms with E-state index in [1.54, 1.807) is 0 Å². The number of unbranched alkanes of at least 4 members (excludes halogenated alkanes) is 2. The van der Waals surface area contributed by atoms with E-state index < -0.39 is 18.0 Å². The Kier molecular flexibility index (Phi) is 4.41. The maximum Gasteiger partial charge on any atom is 0.453 e. The number of tetrazole rings is 1. The normalized spacial score (nSPS) is 11.7. The summed E-state index contributed by atoms with van der Waals surface area (Å²) in [6.45, 7) is 0.0292. The first-order valence-electron chi connectivity index (χ1n) is 4.96. The SMILES string of the molecule is O=C(O)CCCCCn1nnnc1C(F)(F)F. The highest BCUT2D eigenvalue weighted by Crippen LogP contribution is 2.26. The molecule has 0 aromatic carbocycles. The van der Waals surface area contributed by atoms with Crippen molar-refractivity contribution in [3.8, 4) is 0 Å². The Hall–Kier alpha value is -1.67. The second-order valence-electron chi connectivity index (χ2n) is 3.43. The quantitative estimate of drug-likeness (QED) is 0.772. The molecule has 0 radical (unpaired) electrons. The Balaban J connectivity index is 2.37. The van der Waals surface area contributed by atoms with Crippen LogP contribution in [0.1, 0.15) is 31.5 Å². The molecule has 0 aliphatic heterocycles. The predicted molar refractivity (Wildman–Crippen MR) is 48.9 cm³/mol. The van der Waals surface area contributed by atoms with Gasteiger partial charge in [0.25, 0.3) is 5.82 Å². The molecule has 0 bridgehead atoms. The molecule has 0 aliphatic carbocycles. The van der Waals surface area contributed by atoms with Gasteiger partial charge in [-0.3, -0.25) is 4.79 Å². The molecule has 1 rings (SSSR count). The van der Waals surface area contributed by atoms with Crippen LogP contribution in [0.2, 0.25) is 0 Å². The van der Waals surface area contributed by atoms with Crippen LogP contribution in [0.3, 0.4) is 0 Å². The average molecular weight is 252 g/mol. The highest BCUT2D eigenvalue weighted by atomic mass is 19.4. The molecular weight excluding hydrogens is 241 g/mol. The lowest BCUT2D eigenvalue weighted by molar-refractivity contribution is -0.148. The molecule has 0 amide bonds. The van der Waals surface area contributed by atoms with Gasteiger partial charge in [-0.25, -0.2) is 4.68 Å². The topological polar surface area (TPSA) is 80.9 Å². The van der Waals surface area contributed by atoms with Crippen LogP contribution in [0.5, 0.6) is 0 Å². The molecule has 0 spiro atoms. The Labute approximate surface area is 94.4 Å². The molecular formula is C8H11F3N4O2. The maximum atomic E-state index is 12.3. The number of carboxylic acid groups (broad SMARTS) is 1. The molecule has 0 saturated heterocycles. The monoisotopic (exact) mass is 252 g/mol. The van der Waals surface area contributed by atoms with Gasteiger partial charge in [-0.15, -0.1) is 5.10 Å². The molecule has 1 aromatic rings. The first kappa shape index (κ1) is 13.4. The molecule has 1 heterocycles. The summed E-state index contributed by atoms with van der Waals surface area (Å²) in [4.78, 5) is 10.2. The van der Waals surface area contributed by atoms with Gasteiger partial charge in [-0.2, -0.15) is 13.2 Å². The predicted octanol–water partition coefficient (Wildman–Crippen LogP) is 1.34. The Morgan fingerprint density at radius 1 is 1.29 bits per heavy atom. The van der Waals surface area contributed by atoms with Crippen molar-refractivity contribution in [3.05, 3.63) is 5.82 Å². The van der Waals surface area contributed by atoms with E-state index in [-0.39, 0.29) is 13.0 Å². The van der Waals surface area contributed by atoms with Crippen molar-refractivity contribution in [2.75, 3.05) is 0 Å². The van der Waals surface area contributed by atoms with Crippen molar-refractivity contribution in [2.24, 2.45) is 0 Å². The van der Waals surface area contributed by atoms with Gasteiger partial charge in [-0.1, -0.05) is 6.42 Å². The number of carbonyl (C=O) groups is 1. The summed E-state index contributed by atoms with van der Waals surface area (Å²) in [6.07, 6.45) is -3.20. The van der Waals surface area contributed by atoms with Gasteiger partial charge >= 0.3 is 12.1 Å². The van der Waals surface area contributed by atoms with Crippen LogP contribution in [-0.4, -0.2) is 31.3 Å². The minimum atomic E-state index is -4.56. The van der Waals surface area contributed by atoms with Gasteiger partial charge in [0.05, 0.1) is 0 Å². The molecule has 0 fully saturated rings. The highest BCUT2D eigenvalue weighted by Gasteiger charge is 2.37. The number of nitrogens with zero attached hydrogens (tertiary/aromatic N) is 4. The fourth-order valence-corrected chi connectivity index (χ4v) is 1.27. The minimum Gasteiger partial charge on any atom is -0.481 e. The zero-order valence-corrected chi connectivity index (χ0v) is 8.81. The summed E-state index contributed by atoms with van der Waals surface area (Å²) in [5.74, 6) is -2.04. The van der Waals surface area contributed by atoms with E-state index in [1.165, 1.54) is 0 Å². The molecule has 96 valence electrons. The van der Waals surface area contributed by atoms with Crippen LogP contribution in [0.4, 0.5) is 13.2 Å². The smallest absolute Gasteiger partial charge is 0.453 e. The lowest BCUT2D eigenvalue weighted by atomic mass is 10.2. The van der Waals surface area contributed by atoms with Crippen molar-refractivity contribution < 1.29 is 23.1 Å². The van der Waals surface area contributed by atoms with Crippen molar-refractivity contribution in [2.45, 2.75) is 38.4 Å². The van der Waals surface area contributed by atoms with Gasteiger partial charge < -0.3 is 5.11 Å². The number of carboxylic acids is 1. The van der Waals surface area contributed by atoms with Crippen LogP contribution in [-0.2, 0) is 17.5 Å². The fourth-order valence-electron chi connectivity index (χ4n) is 1.27. The van der Waals surface area contributed by atoms with Gasteiger partial charge in [0, 0.05) is 13.0 Å². The van der Waals surface area contributed by atoms with E-state index in [9.17, 15) is 18.0 Å². The maximum absolute atomic E-state index is 12.3. The van der Waals surface area contributed by atoms with E-state index in [0.717, 1.165) is 0 Å². The summed E-state index contributed by atoms with van der Waals surface area (Å²) in [6, 6.07) is 0. The molecule has 0 saturated carbocycles. The molecule has 0 aliphatic rings. The minimum absolute atomic E-state index is 0.0156. The van der Waals surface area contributed by atoms with E-state index in [0.29, 0.717) is 23.9 Å². The lowest BCUT2D eigenvalue weighted by Gasteiger charge is -2.06. The summed E-state index contributed by atoms with van der Waals surface area (Å²) >= 11 is 0. The Bertz CT molecular complexity index is 377. The summed E-state index contributed by atoms with van der Waals surface area (Å²) in [7, 11) is 0. The third-order valence-corrected chi connectivity index (χ3v) is 2.05. The van der Waals surface area contributed by atoms with Gasteiger partial charge in [0.1, 0.15) is 0 Å². The zero-order valence-electron chi connectivity index (χ0n) is 8.81. The van der Waals surface area contributed by atoms with Crippen molar-refractivity contribution in [3.63, 3.8) is 0 Å². The largest absolute Gasteiger partial charge is 0.481 e. The highest BCUT2D eigenvalue weighted by molar-refractivity contribution is 5.66. The third-order valence-electron chi connectivity index (χ3n) is 2.05. The second kappa shape index (κ2) is 5.60.